The van der Waals surface area contributed by atoms with E-state index in [2.05, 4.69) is 20.6 Å². The summed E-state index contributed by atoms with van der Waals surface area (Å²) in [5.41, 5.74) is 2.73. The minimum absolute atomic E-state index is 0.0155. The van der Waals surface area contributed by atoms with Gasteiger partial charge in [-0.2, -0.15) is 0 Å². The normalized spacial score (nSPS) is 18.1. The number of amides is 1. The fraction of sp³-hybridized carbons (Fsp3) is 0.167. The molecule has 0 radical (unpaired) electrons. The predicted octanol–water partition coefficient (Wildman–Crippen LogP) is 1.38. The number of carbonyl (C=O) groups excluding carboxylic acids is 1. The van der Waals surface area contributed by atoms with E-state index in [9.17, 15) is 4.79 Å². The first kappa shape index (κ1) is 9.89. The standard InChI is InChI=1S/C12H12N4O/c17-12-11(5-8-6-13-7-14-8)15-9-3-1-2-4-10(9)16-12/h1-4,6-7,11,15H,5H2,(H,13,14)(H,16,17)/t11-/m0/s1. The van der Waals surface area contributed by atoms with Gasteiger partial charge in [-0.05, 0) is 12.1 Å². The minimum Gasteiger partial charge on any atom is -0.372 e. The number of carbonyl (C=O) groups is 1. The summed E-state index contributed by atoms with van der Waals surface area (Å²) in [5.74, 6) is -0.0155. The summed E-state index contributed by atoms with van der Waals surface area (Å²) in [6.45, 7) is 0. The van der Waals surface area contributed by atoms with E-state index in [1.54, 1.807) is 12.5 Å². The molecule has 5 nitrogen and oxygen atoms in total. The Labute approximate surface area is 98.3 Å². The fourth-order valence-electron chi connectivity index (χ4n) is 1.95. The molecule has 17 heavy (non-hydrogen) atoms. The zero-order valence-corrected chi connectivity index (χ0v) is 9.10. The van der Waals surface area contributed by atoms with Crippen molar-refractivity contribution in [3.8, 4) is 0 Å². The molecule has 0 bridgehead atoms. The van der Waals surface area contributed by atoms with E-state index in [-0.39, 0.29) is 11.9 Å². The SMILES string of the molecule is O=C1Nc2ccccc2N[C@H]1Cc1cnc[nH]1. The van der Waals surface area contributed by atoms with Crippen molar-refractivity contribution >= 4 is 17.3 Å². The van der Waals surface area contributed by atoms with Gasteiger partial charge in [0, 0.05) is 18.3 Å². The van der Waals surface area contributed by atoms with Crippen LogP contribution in [-0.4, -0.2) is 21.9 Å². The molecule has 0 saturated heterocycles. The summed E-state index contributed by atoms with van der Waals surface area (Å²) in [7, 11) is 0. The van der Waals surface area contributed by atoms with Crippen LogP contribution in [0.2, 0.25) is 0 Å². The van der Waals surface area contributed by atoms with Crippen molar-refractivity contribution < 1.29 is 4.79 Å². The molecule has 2 aromatic rings. The van der Waals surface area contributed by atoms with Crippen LogP contribution in [0.4, 0.5) is 11.4 Å². The van der Waals surface area contributed by atoms with Crippen LogP contribution in [0.1, 0.15) is 5.69 Å². The fourth-order valence-corrected chi connectivity index (χ4v) is 1.95. The highest BCUT2D eigenvalue weighted by atomic mass is 16.2. The van der Waals surface area contributed by atoms with Crippen molar-refractivity contribution in [2.45, 2.75) is 12.5 Å². The number of hydrogen-bond donors (Lipinski definition) is 3. The summed E-state index contributed by atoms with van der Waals surface area (Å²) in [5, 5.41) is 6.11. The first-order chi connectivity index (χ1) is 8.33. The number of hydrogen-bond acceptors (Lipinski definition) is 3. The third-order valence-electron chi connectivity index (χ3n) is 2.81. The van der Waals surface area contributed by atoms with E-state index in [0.717, 1.165) is 17.1 Å². The van der Waals surface area contributed by atoms with Gasteiger partial charge in [0.2, 0.25) is 5.91 Å². The van der Waals surface area contributed by atoms with E-state index in [0.29, 0.717) is 6.42 Å². The van der Waals surface area contributed by atoms with Gasteiger partial charge >= 0.3 is 0 Å². The third-order valence-corrected chi connectivity index (χ3v) is 2.81. The number of para-hydroxylation sites is 2. The highest BCUT2D eigenvalue weighted by Gasteiger charge is 2.25. The first-order valence-electron chi connectivity index (χ1n) is 5.46. The predicted molar refractivity (Wildman–Crippen MR) is 64.8 cm³/mol. The molecule has 0 spiro atoms. The molecule has 1 aromatic heterocycles. The summed E-state index contributed by atoms with van der Waals surface area (Å²) in [6.07, 6.45) is 3.94. The van der Waals surface area contributed by atoms with E-state index in [1.165, 1.54) is 0 Å². The number of imidazole rings is 1. The second kappa shape index (κ2) is 3.93. The summed E-state index contributed by atoms with van der Waals surface area (Å²) in [6, 6.07) is 7.42. The molecule has 5 heteroatoms. The van der Waals surface area contributed by atoms with Crippen LogP contribution in [0.25, 0.3) is 0 Å². The molecule has 3 N–H and O–H groups in total. The van der Waals surface area contributed by atoms with Gasteiger partial charge < -0.3 is 15.6 Å². The van der Waals surface area contributed by atoms with Crippen LogP contribution in [0.3, 0.4) is 0 Å². The number of aromatic nitrogens is 2. The van der Waals surface area contributed by atoms with Gasteiger partial charge in [-0.3, -0.25) is 4.79 Å². The topological polar surface area (TPSA) is 69.8 Å². The molecule has 0 aliphatic carbocycles. The van der Waals surface area contributed by atoms with Crippen LogP contribution >= 0.6 is 0 Å². The molecule has 3 rings (SSSR count). The van der Waals surface area contributed by atoms with Crippen LogP contribution < -0.4 is 10.6 Å². The highest BCUT2D eigenvalue weighted by molar-refractivity contribution is 6.02. The Morgan fingerprint density at radius 2 is 2.06 bits per heavy atom. The number of benzene rings is 1. The quantitative estimate of drug-likeness (QED) is 0.727. The number of nitrogens with zero attached hydrogens (tertiary/aromatic N) is 1. The van der Waals surface area contributed by atoms with Crippen LogP contribution in [0, 0.1) is 0 Å². The number of rotatable bonds is 2. The smallest absolute Gasteiger partial charge is 0.247 e. The van der Waals surface area contributed by atoms with Gasteiger partial charge in [-0.15, -0.1) is 0 Å². The molecule has 1 atom stereocenters. The Hall–Kier alpha value is -2.30. The van der Waals surface area contributed by atoms with Crippen LogP contribution in [-0.2, 0) is 11.2 Å². The molecular formula is C12H12N4O. The lowest BCUT2D eigenvalue weighted by Gasteiger charge is -2.26. The van der Waals surface area contributed by atoms with Gasteiger partial charge in [0.25, 0.3) is 0 Å². The van der Waals surface area contributed by atoms with Gasteiger partial charge in [0.05, 0.1) is 17.7 Å². The van der Waals surface area contributed by atoms with Crippen LogP contribution in [0.5, 0.6) is 0 Å². The number of aromatic amines is 1. The maximum atomic E-state index is 11.9. The van der Waals surface area contributed by atoms with Crippen molar-refractivity contribution in [3.63, 3.8) is 0 Å². The molecule has 1 aliphatic heterocycles. The summed E-state index contributed by atoms with van der Waals surface area (Å²) >= 11 is 0. The van der Waals surface area contributed by atoms with Gasteiger partial charge in [-0.1, -0.05) is 12.1 Å². The molecule has 1 aromatic carbocycles. The van der Waals surface area contributed by atoms with E-state index in [4.69, 9.17) is 0 Å². The average molecular weight is 228 g/mol. The average Bonchev–Trinajstić information content (AvgIpc) is 2.83. The zero-order chi connectivity index (χ0) is 11.7. The lowest BCUT2D eigenvalue weighted by atomic mass is 10.1. The van der Waals surface area contributed by atoms with Crippen molar-refractivity contribution in [1.29, 1.82) is 0 Å². The Bertz CT molecular complexity index is 535. The lowest BCUT2D eigenvalue weighted by molar-refractivity contribution is -0.117. The third kappa shape index (κ3) is 1.87. The molecular weight excluding hydrogens is 216 g/mol. The summed E-state index contributed by atoms with van der Waals surface area (Å²) in [4.78, 5) is 18.8. The van der Waals surface area contributed by atoms with E-state index in [1.807, 2.05) is 24.3 Å². The van der Waals surface area contributed by atoms with Crippen molar-refractivity contribution in [3.05, 3.63) is 42.5 Å². The van der Waals surface area contributed by atoms with Gasteiger partial charge in [0.1, 0.15) is 6.04 Å². The minimum atomic E-state index is -0.259. The Balaban J connectivity index is 1.82. The molecule has 0 saturated carbocycles. The first-order valence-corrected chi connectivity index (χ1v) is 5.46. The maximum Gasteiger partial charge on any atom is 0.247 e. The molecule has 0 fully saturated rings. The Morgan fingerprint density at radius 3 is 2.82 bits per heavy atom. The second-order valence-corrected chi connectivity index (χ2v) is 4.01. The number of fused-ring (bicyclic) bond motifs is 1. The maximum absolute atomic E-state index is 11.9. The number of H-pyrrole nitrogens is 1. The van der Waals surface area contributed by atoms with Gasteiger partial charge in [0.15, 0.2) is 0 Å². The van der Waals surface area contributed by atoms with Crippen LogP contribution in [0.15, 0.2) is 36.8 Å². The van der Waals surface area contributed by atoms with E-state index >= 15 is 0 Å². The highest BCUT2D eigenvalue weighted by Crippen LogP contribution is 2.26. The molecule has 1 amide bonds. The number of nitrogens with one attached hydrogen (secondary N) is 3. The number of anilines is 2. The molecule has 86 valence electrons. The molecule has 0 unspecified atom stereocenters. The van der Waals surface area contributed by atoms with Gasteiger partial charge in [-0.25, -0.2) is 4.98 Å². The largest absolute Gasteiger partial charge is 0.372 e. The zero-order valence-electron chi connectivity index (χ0n) is 9.10. The second-order valence-electron chi connectivity index (χ2n) is 4.01. The Kier molecular flexibility index (Phi) is 2.29. The van der Waals surface area contributed by atoms with Crippen molar-refractivity contribution in [2.75, 3.05) is 10.6 Å². The monoisotopic (exact) mass is 228 g/mol. The van der Waals surface area contributed by atoms with Crippen molar-refractivity contribution in [2.24, 2.45) is 0 Å². The molecule has 1 aliphatic rings. The summed E-state index contributed by atoms with van der Waals surface area (Å²) < 4.78 is 0. The van der Waals surface area contributed by atoms with E-state index < -0.39 is 0 Å². The lowest BCUT2D eigenvalue weighted by Crippen LogP contribution is -2.40. The molecule has 2 heterocycles. The Morgan fingerprint density at radius 1 is 1.24 bits per heavy atom. The van der Waals surface area contributed by atoms with Crippen molar-refractivity contribution in [1.82, 2.24) is 9.97 Å².